The minimum Gasteiger partial charge on any atom is -0.423 e. The first-order valence-corrected chi connectivity index (χ1v) is 5.81. The summed E-state index contributed by atoms with van der Waals surface area (Å²) in [6, 6.07) is 2.92. The van der Waals surface area contributed by atoms with E-state index in [1.165, 1.54) is 6.07 Å². The van der Waals surface area contributed by atoms with Gasteiger partial charge in [0.1, 0.15) is 5.58 Å². The summed E-state index contributed by atoms with van der Waals surface area (Å²) in [5, 5.41) is 1.59. The van der Waals surface area contributed by atoms with Gasteiger partial charge in [-0.25, -0.2) is 4.79 Å². The molecule has 0 aliphatic rings. The van der Waals surface area contributed by atoms with Gasteiger partial charge in [0.2, 0.25) is 0 Å². The van der Waals surface area contributed by atoms with Gasteiger partial charge >= 0.3 is 5.63 Å². The zero-order valence-electron chi connectivity index (χ0n) is 8.31. The van der Waals surface area contributed by atoms with Gasteiger partial charge in [0.25, 0.3) is 0 Å². The molecule has 0 atom stereocenters. The second-order valence-corrected chi connectivity index (χ2v) is 4.45. The summed E-state index contributed by atoms with van der Waals surface area (Å²) < 4.78 is 5.04. The molecule has 0 amide bonds. The van der Waals surface area contributed by atoms with E-state index in [1.54, 1.807) is 13.0 Å². The Balaban J connectivity index is 3.01. The summed E-state index contributed by atoms with van der Waals surface area (Å²) in [5.41, 5.74) is 1.30. The van der Waals surface area contributed by atoms with Crippen molar-refractivity contribution in [3.8, 4) is 0 Å². The van der Waals surface area contributed by atoms with E-state index in [0.29, 0.717) is 26.6 Å². The second kappa shape index (κ2) is 4.28. The van der Waals surface area contributed by atoms with Crippen molar-refractivity contribution in [3.63, 3.8) is 0 Å². The van der Waals surface area contributed by atoms with Crippen LogP contribution in [0, 0.1) is 6.92 Å². The number of halogens is 3. The van der Waals surface area contributed by atoms with Gasteiger partial charge in [-0.1, -0.05) is 23.2 Å². The van der Waals surface area contributed by atoms with Gasteiger partial charge < -0.3 is 4.42 Å². The molecule has 0 saturated heterocycles. The van der Waals surface area contributed by atoms with E-state index in [1.807, 2.05) is 0 Å². The predicted octanol–water partition coefficient (Wildman–Crippen LogP) is 4.15. The molecule has 0 bridgehead atoms. The van der Waals surface area contributed by atoms with E-state index in [9.17, 15) is 4.79 Å². The van der Waals surface area contributed by atoms with E-state index >= 15 is 0 Å². The molecule has 0 radical (unpaired) electrons. The van der Waals surface area contributed by atoms with Crippen LogP contribution in [0.1, 0.15) is 11.1 Å². The Kier molecular flexibility index (Phi) is 3.15. The monoisotopic (exact) mass is 276 g/mol. The third-order valence-corrected chi connectivity index (χ3v) is 3.53. The maximum absolute atomic E-state index is 11.3. The van der Waals surface area contributed by atoms with Gasteiger partial charge in [0, 0.05) is 28.4 Å². The number of hydrogen-bond acceptors (Lipinski definition) is 2. The molecule has 16 heavy (non-hydrogen) atoms. The molecule has 1 aromatic heterocycles. The van der Waals surface area contributed by atoms with Crippen LogP contribution < -0.4 is 5.63 Å². The molecule has 0 fully saturated rings. The number of alkyl halides is 1. The standard InChI is InChI=1S/C11H7Cl3O2/c1-5-7(13)3-8-10(11(5)14)6(4-12)2-9(15)16-8/h2-3H,4H2,1H3. The second-order valence-electron chi connectivity index (χ2n) is 3.39. The minimum absolute atomic E-state index is 0.197. The minimum atomic E-state index is -0.459. The highest BCUT2D eigenvalue weighted by Gasteiger charge is 2.13. The molecule has 84 valence electrons. The third-order valence-electron chi connectivity index (χ3n) is 2.38. The number of rotatable bonds is 1. The van der Waals surface area contributed by atoms with Crippen molar-refractivity contribution < 1.29 is 4.42 Å². The van der Waals surface area contributed by atoms with Gasteiger partial charge in [-0.3, -0.25) is 0 Å². The van der Waals surface area contributed by atoms with Crippen molar-refractivity contribution in [2.24, 2.45) is 0 Å². The van der Waals surface area contributed by atoms with Crippen LogP contribution in [0.4, 0.5) is 0 Å². The fourth-order valence-electron chi connectivity index (χ4n) is 1.53. The maximum atomic E-state index is 11.3. The summed E-state index contributed by atoms with van der Waals surface area (Å²) in [7, 11) is 0. The highest BCUT2D eigenvalue weighted by Crippen LogP contribution is 2.34. The van der Waals surface area contributed by atoms with Gasteiger partial charge in [0.15, 0.2) is 0 Å². The van der Waals surface area contributed by atoms with Crippen LogP contribution in [-0.2, 0) is 5.88 Å². The molecule has 0 saturated carbocycles. The van der Waals surface area contributed by atoms with Crippen LogP contribution in [0.15, 0.2) is 21.3 Å². The molecule has 0 unspecified atom stereocenters. The largest absolute Gasteiger partial charge is 0.423 e. The quantitative estimate of drug-likeness (QED) is 0.579. The lowest BCUT2D eigenvalue weighted by Crippen LogP contribution is -2.00. The molecule has 5 heteroatoms. The molecule has 0 aliphatic heterocycles. The van der Waals surface area contributed by atoms with E-state index in [4.69, 9.17) is 39.2 Å². The zero-order chi connectivity index (χ0) is 11.9. The molecular formula is C11H7Cl3O2. The van der Waals surface area contributed by atoms with Crippen LogP contribution in [0.25, 0.3) is 11.0 Å². The summed E-state index contributed by atoms with van der Waals surface area (Å²) in [6.07, 6.45) is 0. The van der Waals surface area contributed by atoms with Crippen LogP contribution in [0.2, 0.25) is 10.0 Å². The van der Waals surface area contributed by atoms with Crippen molar-refractivity contribution in [1.82, 2.24) is 0 Å². The first-order chi connectivity index (χ1) is 7.54. The average Bonchev–Trinajstić information content (AvgIpc) is 2.24. The lowest BCUT2D eigenvalue weighted by Gasteiger charge is -2.08. The van der Waals surface area contributed by atoms with Gasteiger partial charge in [-0.05, 0) is 18.1 Å². The predicted molar refractivity (Wildman–Crippen MR) is 66.8 cm³/mol. The molecule has 0 aliphatic carbocycles. The van der Waals surface area contributed by atoms with Gasteiger partial charge in [-0.15, -0.1) is 11.6 Å². The van der Waals surface area contributed by atoms with Gasteiger partial charge in [-0.2, -0.15) is 0 Å². The molecule has 1 aromatic carbocycles. The lowest BCUT2D eigenvalue weighted by molar-refractivity contribution is 0.559. The SMILES string of the molecule is Cc1c(Cl)cc2oc(=O)cc(CCl)c2c1Cl. The van der Waals surface area contributed by atoms with Gasteiger partial charge in [0.05, 0.1) is 5.02 Å². The summed E-state index contributed by atoms with van der Waals surface area (Å²) in [5.74, 6) is 0.197. The number of fused-ring (bicyclic) bond motifs is 1. The molecule has 0 N–H and O–H groups in total. The van der Waals surface area contributed by atoms with Crippen LogP contribution in [0.5, 0.6) is 0 Å². The topological polar surface area (TPSA) is 30.2 Å². The third kappa shape index (κ3) is 1.81. The Morgan fingerprint density at radius 3 is 2.62 bits per heavy atom. The van der Waals surface area contributed by atoms with E-state index < -0.39 is 5.63 Å². The first-order valence-electron chi connectivity index (χ1n) is 4.52. The lowest BCUT2D eigenvalue weighted by atomic mass is 10.1. The Labute approximate surface area is 107 Å². The molecule has 2 rings (SSSR count). The fourth-order valence-corrected chi connectivity index (χ4v) is 2.30. The molecule has 2 aromatic rings. The van der Waals surface area contributed by atoms with Crippen molar-refractivity contribution in [1.29, 1.82) is 0 Å². The van der Waals surface area contributed by atoms with E-state index in [2.05, 4.69) is 0 Å². The van der Waals surface area contributed by atoms with E-state index in [-0.39, 0.29) is 5.88 Å². The van der Waals surface area contributed by atoms with Crippen molar-refractivity contribution in [2.75, 3.05) is 0 Å². The van der Waals surface area contributed by atoms with Crippen LogP contribution in [-0.4, -0.2) is 0 Å². The molecular weight excluding hydrogens is 270 g/mol. The maximum Gasteiger partial charge on any atom is 0.336 e. The summed E-state index contributed by atoms with van der Waals surface area (Å²) in [6.45, 7) is 1.80. The molecule has 1 heterocycles. The van der Waals surface area contributed by atoms with Crippen LogP contribution >= 0.6 is 34.8 Å². The van der Waals surface area contributed by atoms with Crippen molar-refractivity contribution in [3.05, 3.63) is 43.7 Å². The average molecular weight is 278 g/mol. The van der Waals surface area contributed by atoms with Crippen LogP contribution in [0.3, 0.4) is 0 Å². The number of benzene rings is 1. The van der Waals surface area contributed by atoms with Crippen molar-refractivity contribution >= 4 is 45.8 Å². The smallest absolute Gasteiger partial charge is 0.336 e. The molecule has 0 spiro atoms. The molecule has 2 nitrogen and oxygen atoms in total. The van der Waals surface area contributed by atoms with E-state index in [0.717, 1.165) is 5.56 Å². The Bertz CT molecular complexity index is 617. The summed E-state index contributed by atoms with van der Waals surface area (Å²) >= 11 is 17.9. The first kappa shape index (κ1) is 11.8. The highest BCUT2D eigenvalue weighted by molar-refractivity contribution is 6.40. The fraction of sp³-hybridized carbons (Fsp3) is 0.182. The Morgan fingerprint density at radius 2 is 2.00 bits per heavy atom. The normalized spacial score (nSPS) is 11.0. The number of hydrogen-bond donors (Lipinski definition) is 0. The summed E-state index contributed by atoms with van der Waals surface area (Å²) in [4.78, 5) is 11.3. The van der Waals surface area contributed by atoms with Crippen molar-refractivity contribution in [2.45, 2.75) is 12.8 Å². The zero-order valence-corrected chi connectivity index (χ0v) is 10.6. The highest BCUT2D eigenvalue weighted by atomic mass is 35.5. The Morgan fingerprint density at radius 1 is 1.31 bits per heavy atom. The Hall–Kier alpha value is -0.700.